The summed E-state index contributed by atoms with van der Waals surface area (Å²) in [5.41, 5.74) is 1.26. The number of nitrogens with one attached hydrogen (secondary N) is 1. The molecule has 4 saturated heterocycles. The van der Waals surface area contributed by atoms with Crippen LogP contribution in [-0.2, 0) is 0 Å². The van der Waals surface area contributed by atoms with Crippen molar-refractivity contribution in [2.45, 2.75) is 74.3 Å². The first-order chi connectivity index (χ1) is 22.0. The van der Waals surface area contributed by atoms with E-state index in [1.807, 2.05) is 18.2 Å². The molecule has 10 heteroatoms. The summed E-state index contributed by atoms with van der Waals surface area (Å²) in [5, 5.41) is 5.90. The van der Waals surface area contributed by atoms with Crippen LogP contribution in [0, 0.1) is 24.1 Å². The van der Waals surface area contributed by atoms with E-state index in [0.29, 0.717) is 65.9 Å². The predicted octanol–water partition coefficient (Wildman–Crippen LogP) is 4.74. The molecule has 7 atom stereocenters. The van der Waals surface area contributed by atoms with Crippen LogP contribution in [0.1, 0.15) is 55.8 Å². The Kier molecular flexibility index (Phi) is 5.44. The molecule has 228 valence electrons. The zero-order chi connectivity index (χ0) is 30.0. The largest absolute Gasteiger partial charge is 0.475 e. The molecule has 1 saturated carbocycles. The number of benzene rings is 2. The molecule has 4 aromatic rings. The van der Waals surface area contributed by atoms with Crippen LogP contribution in [0.2, 0.25) is 0 Å². The summed E-state index contributed by atoms with van der Waals surface area (Å²) in [4.78, 5) is 25.3. The highest BCUT2D eigenvalue weighted by Crippen LogP contribution is 2.61. The highest BCUT2D eigenvalue weighted by molar-refractivity contribution is 6.01. The number of piperazine rings is 1. The molecule has 1 N–H and O–H groups in total. The molecule has 10 rings (SSSR count). The highest BCUT2D eigenvalue weighted by Gasteiger charge is 2.62. The first-order valence-corrected chi connectivity index (χ1v) is 16.3. The number of hydrogen-bond donors (Lipinski definition) is 1. The summed E-state index contributed by atoms with van der Waals surface area (Å²) >= 11 is 0. The van der Waals surface area contributed by atoms with E-state index in [1.165, 1.54) is 6.07 Å². The molecule has 45 heavy (non-hydrogen) atoms. The van der Waals surface area contributed by atoms with Crippen LogP contribution >= 0.6 is 0 Å². The van der Waals surface area contributed by atoms with Crippen LogP contribution in [-0.4, -0.2) is 80.9 Å². The van der Waals surface area contributed by atoms with Crippen LogP contribution in [0.5, 0.6) is 5.88 Å². The van der Waals surface area contributed by atoms with Gasteiger partial charge in [0.2, 0.25) is 5.88 Å². The van der Waals surface area contributed by atoms with Gasteiger partial charge in [-0.1, -0.05) is 30.2 Å². The number of hydrogen-bond acceptors (Lipinski definition) is 8. The van der Waals surface area contributed by atoms with E-state index in [1.54, 1.807) is 6.07 Å². The molecule has 2 aromatic heterocycles. The van der Waals surface area contributed by atoms with Crippen molar-refractivity contribution in [3.8, 4) is 29.6 Å². The first-order valence-electron chi connectivity index (χ1n) is 16.3. The lowest BCUT2D eigenvalue weighted by atomic mass is 9.87. The van der Waals surface area contributed by atoms with Crippen molar-refractivity contribution >= 4 is 27.6 Å². The number of ether oxygens (including phenoxy) is 1. The van der Waals surface area contributed by atoms with Crippen molar-refractivity contribution in [2.75, 3.05) is 31.1 Å². The Bertz CT molecular complexity index is 1960. The Morgan fingerprint density at radius 3 is 2.91 bits per heavy atom. The van der Waals surface area contributed by atoms with Gasteiger partial charge in [0.05, 0.1) is 11.6 Å². The monoisotopic (exact) mass is 605 g/mol. The molecule has 1 aliphatic carbocycles. The number of rotatable bonds is 3. The third kappa shape index (κ3) is 3.71. The number of fused-ring (bicyclic) bond motifs is 7. The number of terminal acetylenes is 1. The van der Waals surface area contributed by atoms with Gasteiger partial charge in [0, 0.05) is 47.6 Å². The standard InChI is InChI=1S/C35H33F2N7O/c1-2-21-25(37)9-7-18-5-3-6-22(28(18)21)30-39-32-29-33(44-16-20-8-10-26(38-20)27(44)17-45-34(29)42-30)41-31(40-32)23-13-24(23)35-11-4-12-43(35)15-19(36)14-35/h1,3,5-7,9,19-20,23-24,26-27,38H,4,8,10-17H2/t19-,20?,23?,24?,26?,27?,35+/m1/s1. The highest BCUT2D eigenvalue weighted by atomic mass is 19.1. The fraction of sp³-hybridized carbons (Fsp3) is 0.486. The summed E-state index contributed by atoms with van der Waals surface area (Å²) in [6.45, 7) is 2.81. The van der Waals surface area contributed by atoms with E-state index in [-0.39, 0.29) is 23.1 Å². The third-order valence-electron chi connectivity index (χ3n) is 11.6. The second-order valence-corrected chi connectivity index (χ2v) is 13.9. The summed E-state index contributed by atoms with van der Waals surface area (Å²) in [5.74, 6) is 5.04. The molecule has 2 aromatic carbocycles. The van der Waals surface area contributed by atoms with Gasteiger partial charge in [-0.3, -0.25) is 4.90 Å². The van der Waals surface area contributed by atoms with Crippen LogP contribution in [0.4, 0.5) is 14.6 Å². The minimum atomic E-state index is -0.765. The first kappa shape index (κ1) is 26.3. The average Bonchev–Trinajstić information content (AvgIpc) is 3.54. The van der Waals surface area contributed by atoms with Crippen molar-refractivity contribution in [3.63, 3.8) is 0 Å². The Hall–Kier alpha value is -3.94. The van der Waals surface area contributed by atoms with E-state index >= 15 is 0 Å². The molecule has 7 heterocycles. The average molecular weight is 606 g/mol. The molecule has 8 nitrogen and oxygen atoms in total. The van der Waals surface area contributed by atoms with Crippen LogP contribution in [0.3, 0.4) is 0 Å². The Morgan fingerprint density at radius 2 is 2.00 bits per heavy atom. The molecule has 5 aliphatic heterocycles. The SMILES string of the molecule is C#Cc1c(F)ccc2cccc(-c3nc4c5c(nc(C6CC6[C@@]67CCCN6C[C@H](F)C7)nc5n3)N3CC5CCC(N5)C3CO4)c12. The van der Waals surface area contributed by atoms with E-state index in [2.05, 4.69) is 21.0 Å². The van der Waals surface area contributed by atoms with E-state index in [4.69, 9.17) is 31.1 Å². The quantitative estimate of drug-likeness (QED) is 0.336. The predicted molar refractivity (Wildman–Crippen MR) is 166 cm³/mol. The number of aromatic nitrogens is 4. The molecule has 0 spiro atoms. The van der Waals surface area contributed by atoms with Gasteiger partial charge in [-0.15, -0.1) is 6.42 Å². The van der Waals surface area contributed by atoms with E-state index < -0.39 is 12.0 Å². The van der Waals surface area contributed by atoms with Gasteiger partial charge in [-0.2, -0.15) is 4.98 Å². The second-order valence-electron chi connectivity index (χ2n) is 13.9. The summed E-state index contributed by atoms with van der Waals surface area (Å²) < 4.78 is 36.2. The van der Waals surface area contributed by atoms with E-state index in [0.717, 1.165) is 67.6 Å². The molecule has 6 aliphatic rings. The van der Waals surface area contributed by atoms with Crippen molar-refractivity contribution in [1.29, 1.82) is 0 Å². The normalized spacial score (nSPS) is 33.1. The zero-order valence-corrected chi connectivity index (χ0v) is 24.8. The molecule has 0 amide bonds. The van der Waals surface area contributed by atoms with Gasteiger partial charge in [-0.05, 0) is 62.4 Å². The van der Waals surface area contributed by atoms with Crippen molar-refractivity contribution < 1.29 is 13.5 Å². The Morgan fingerprint density at radius 1 is 1.07 bits per heavy atom. The third-order valence-corrected chi connectivity index (χ3v) is 11.6. The maximum atomic E-state index is 14.9. The smallest absolute Gasteiger partial charge is 0.230 e. The Labute approximate surface area is 259 Å². The molecule has 2 bridgehead atoms. The van der Waals surface area contributed by atoms with Crippen LogP contribution in [0.15, 0.2) is 30.3 Å². The van der Waals surface area contributed by atoms with E-state index in [9.17, 15) is 8.78 Å². The van der Waals surface area contributed by atoms with Crippen LogP contribution in [0.25, 0.3) is 33.2 Å². The lowest BCUT2D eigenvalue weighted by Crippen LogP contribution is -2.60. The minimum absolute atomic E-state index is 0.0863. The molecule has 5 fully saturated rings. The summed E-state index contributed by atoms with van der Waals surface area (Å²) in [6.07, 6.45) is 11.0. The minimum Gasteiger partial charge on any atom is -0.475 e. The van der Waals surface area contributed by atoms with Crippen molar-refractivity contribution in [2.24, 2.45) is 5.92 Å². The fourth-order valence-corrected chi connectivity index (χ4v) is 9.58. The lowest BCUT2D eigenvalue weighted by molar-refractivity contribution is 0.163. The Balaban J connectivity index is 1.16. The maximum Gasteiger partial charge on any atom is 0.230 e. The lowest BCUT2D eigenvalue weighted by Gasteiger charge is -2.40. The van der Waals surface area contributed by atoms with Crippen molar-refractivity contribution in [1.82, 2.24) is 30.2 Å². The van der Waals surface area contributed by atoms with Crippen LogP contribution < -0.4 is 15.0 Å². The van der Waals surface area contributed by atoms with Gasteiger partial charge < -0.3 is 15.0 Å². The molecular formula is C35H33F2N7O. The molecule has 5 unspecified atom stereocenters. The molecular weight excluding hydrogens is 572 g/mol. The summed E-state index contributed by atoms with van der Waals surface area (Å²) in [6, 6.07) is 9.62. The molecule has 0 radical (unpaired) electrons. The van der Waals surface area contributed by atoms with Crippen molar-refractivity contribution in [3.05, 3.63) is 47.5 Å². The number of halogens is 2. The van der Waals surface area contributed by atoms with Gasteiger partial charge in [0.1, 0.15) is 35.6 Å². The van der Waals surface area contributed by atoms with Gasteiger partial charge >= 0.3 is 0 Å². The maximum absolute atomic E-state index is 14.9. The number of anilines is 1. The summed E-state index contributed by atoms with van der Waals surface area (Å²) in [7, 11) is 0. The topological polar surface area (TPSA) is 79.3 Å². The van der Waals surface area contributed by atoms with Gasteiger partial charge in [0.15, 0.2) is 11.5 Å². The number of nitrogens with zero attached hydrogens (tertiary/aromatic N) is 6. The number of alkyl halides is 1. The fourth-order valence-electron chi connectivity index (χ4n) is 9.58. The second kappa shape index (κ2) is 9.30. The zero-order valence-electron chi connectivity index (χ0n) is 24.8. The van der Waals surface area contributed by atoms with Gasteiger partial charge in [-0.25, -0.2) is 23.7 Å². The van der Waals surface area contributed by atoms with Gasteiger partial charge in [0.25, 0.3) is 0 Å².